The number of nitrogens with zero attached hydrogens (tertiary/aromatic N) is 2. The van der Waals surface area contributed by atoms with Crippen LogP contribution in [0.3, 0.4) is 0 Å². The summed E-state index contributed by atoms with van der Waals surface area (Å²) in [6.45, 7) is 0.939. The van der Waals surface area contributed by atoms with Crippen molar-refractivity contribution in [3.8, 4) is 0 Å². The minimum Gasteiger partial charge on any atom is -0.354 e. The van der Waals surface area contributed by atoms with Crippen molar-refractivity contribution in [2.45, 2.75) is 44.6 Å². The smallest absolute Gasteiger partial charge is 0.266 e. The average Bonchev–Trinajstić information content (AvgIpc) is 3.13. The highest BCUT2D eigenvalue weighted by Gasteiger charge is 2.26. The second kappa shape index (κ2) is 5.15. The Labute approximate surface area is 112 Å². The molecule has 5 nitrogen and oxygen atoms in total. The van der Waals surface area contributed by atoms with Crippen molar-refractivity contribution in [1.29, 1.82) is 0 Å². The molecule has 2 aliphatic rings. The average molecular weight is 261 g/mol. The lowest BCUT2D eigenvalue weighted by atomic mass is 9.85. The molecule has 0 atom stereocenters. The molecule has 2 aliphatic carbocycles. The molecule has 1 N–H and O–H groups in total. The third-order valence-electron chi connectivity index (χ3n) is 3.98. The zero-order chi connectivity index (χ0) is 13.2. The van der Waals surface area contributed by atoms with E-state index in [1.54, 1.807) is 6.07 Å². The van der Waals surface area contributed by atoms with Crippen molar-refractivity contribution >= 4 is 5.91 Å². The summed E-state index contributed by atoms with van der Waals surface area (Å²) in [5.41, 5.74) is 0.909. The second-order valence-electron chi connectivity index (χ2n) is 5.51. The number of hydrogen-bond acceptors (Lipinski definition) is 3. The van der Waals surface area contributed by atoms with Gasteiger partial charge in [-0.3, -0.25) is 9.59 Å². The van der Waals surface area contributed by atoms with Gasteiger partial charge in [-0.05, 0) is 31.7 Å². The highest BCUT2D eigenvalue weighted by Crippen LogP contribution is 2.38. The van der Waals surface area contributed by atoms with Crippen LogP contribution in [0.25, 0.3) is 0 Å². The van der Waals surface area contributed by atoms with Crippen molar-refractivity contribution in [1.82, 2.24) is 15.1 Å². The van der Waals surface area contributed by atoms with Gasteiger partial charge in [0.2, 0.25) is 5.91 Å². The van der Waals surface area contributed by atoms with Gasteiger partial charge in [-0.15, -0.1) is 0 Å². The fraction of sp³-hybridized carbons (Fsp3) is 0.643. The van der Waals surface area contributed by atoms with E-state index < -0.39 is 0 Å². The Morgan fingerprint density at radius 1 is 1.32 bits per heavy atom. The van der Waals surface area contributed by atoms with Crippen LogP contribution < -0.4 is 10.9 Å². The fourth-order valence-corrected chi connectivity index (χ4v) is 2.32. The number of nitrogens with one attached hydrogen (secondary N) is 1. The molecule has 102 valence electrons. The molecule has 1 heterocycles. The van der Waals surface area contributed by atoms with E-state index in [2.05, 4.69) is 10.4 Å². The van der Waals surface area contributed by atoms with E-state index in [9.17, 15) is 9.59 Å². The topological polar surface area (TPSA) is 64.0 Å². The number of carbonyl (C=O) groups excluding carboxylic acids is 1. The summed E-state index contributed by atoms with van der Waals surface area (Å²) in [4.78, 5) is 23.3. The SMILES string of the molecule is O=C(NCCn1nc(C2CC2)ccc1=O)C1CCC1. The van der Waals surface area contributed by atoms with Crippen LogP contribution in [-0.2, 0) is 11.3 Å². The van der Waals surface area contributed by atoms with Gasteiger partial charge in [0.15, 0.2) is 0 Å². The minimum atomic E-state index is -0.0951. The van der Waals surface area contributed by atoms with E-state index in [4.69, 9.17) is 0 Å². The van der Waals surface area contributed by atoms with Crippen molar-refractivity contribution in [2.75, 3.05) is 6.54 Å². The van der Waals surface area contributed by atoms with Crippen LogP contribution in [0.5, 0.6) is 0 Å². The summed E-state index contributed by atoms with van der Waals surface area (Å²) in [5, 5.41) is 7.25. The summed E-state index contributed by atoms with van der Waals surface area (Å²) in [6, 6.07) is 3.40. The highest BCUT2D eigenvalue weighted by atomic mass is 16.2. The Kier molecular flexibility index (Phi) is 3.36. The molecule has 19 heavy (non-hydrogen) atoms. The zero-order valence-corrected chi connectivity index (χ0v) is 11.0. The third-order valence-corrected chi connectivity index (χ3v) is 3.98. The second-order valence-corrected chi connectivity index (χ2v) is 5.51. The number of rotatable bonds is 5. The fourth-order valence-electron chi connectivity index (χ4n) is 2.32. The van der Waals surface area contributed by atoms with E-state index in [-0.39, 0.29) is 17.4 Å². The van der Waals surface area contributed by atoms with Crippen molar-refractivity contribution in [3.63, 3.8) is 0 Å². The highest BCUT2D eigenvalue weighted by molar-refractivity contribution is 5.79. The Balaban J connectivity index is 1.55. The molecule has 3 rings (SSSR count). The van der Waals surface area contributed by atoms with Crippen molar-refractivity contribution in [2.24, 2.45) is 5.92 Å². The molecule has 0 aliphatic heterocycles. The molecule has 0 spiro atoms. The lowest BCUT2D eigenvalue weighted by Crippen LogP contribution is -2.37. The molecule has 1 aromatic rings. The summed E-state index contributed by atoms with van der Waals surface area (Å²) < 4.78 is 1.47. The van der Waals surface area contributed by atoms with Crippen LogP contribution in [0.15, 0.2) is 16.9 Å². The van der Waals surface area contributed by atoms with Gasteiger partial charge in [0.1, 0.15) is 0 Å². The van der Waals surface area contributed by atoms with E-state index in [0.717, 1.165) is 25.0 Å². The summed E-state index contributed by atoms with van der Waals surface area (Å²) >= 11 is 0. The first-order valence-electron chi connectivity index (χ1n) is 7.10. The molecule has 2 saturated carbocycles. The molecule has 1 aromatic heterocycles. The van der Waals surface area contributed by atoms with Gasteiger partial charge in [-0.25, -0.2) is 4.68 Å². The van der Waals surface area contributed by atoms with Gasteiger partial charge in [0, 0.05) is 24.4 Å². The molecule has 5 heteroatoms. The third kappa shape index (κ3) is 2.85. The van der Waals surface area contributed by atoms with E-state index in [0.29, 0.717) is 19.0 Å². The standard InChI is InChI=1S/C14H19N3O2/c18-13-7-6-12(10-4-5-10)16-17(13)9-8-15-14(19)11-2-1-3-11/h6-7,10-11H,1-5,8-9H2,(H,15,19). The Hall–Kier alpha value is -1.65. The molecular weight excluding hydrogens is 242 g/mol. The largest absolute Gasteiger partial charge is 0.354 e. The van der Waals surface area contributed by atoms with Crippen LogP contribution >= 0.6 is 0 Å². The van der Waals surface area contributed by atoms with Crippen LogP contribution in [-0.4, -0.2) is 22.2 Å². The van der Waals surface area contributed by atoms with Gasteiger partial charge in [-0.2, -0.15) is 5.10 Å². The van der Waals surface area contributed by atoms with E-state index in [1.165, 1.54) is 17.5 Å². The lowest BCUT2D eigenvalue weighted by Gasteiger charge is -2.24. The number of carbonyl (C=O) groups is 1. The molecule has 0 saturated heterocycles. The van der Waals surface area contributed by atoms with Crippen molar-refractivity contribution < 1.29 is 4.79 Å². The Morgan fingerprint density at radius 2 is 2.11 bits per heavy atom. The van der Waals surface area contributed by atoms with Crippen LogP contribution in [0.4, 0.5) is 0 Å². The molecule has 0 radical (unpaired) electrons. The van der Waals surface area contributed by atoms with Gasteiger partial charge >= 0.3 is 0 Å². The lowest BCUT2D eigenvalue weighted by molar-refractivity contribution is -0.127. The minimum absolute atomic E-state index is 0.0951. The quantitative estimate of drug-likeness (QED) is 0.861. The molecule has 0 aromatic carbocycles. The van der Waals surface area contributed by atoms with E-state index >= 15 is 0 Å². The first-order valence-corrected chi connectivity index (χ1v) is 7.10. The zero-order valence-electron chi connectivity index (χ0n) is 11.0. The normalized spacial score (nSPS) is 18.9. The summed E-state index contributed by atoms with van der Waals surface area (Å²) in [7, 11) is 0. The number of hydrogen-bond donors (Lipinski definition) is 1. The van der Waals surface area contributed by atoms with Gasteiger partial charge in [0.05, 0.1) is 12.2 Å². The summed E-state index contributed by atoms with van der Waals surface area (Å²) in [6.07, 6.45) is 5.50. The molecule has 2 fully saturated rings. The maximum Gasteiger partial charge on any atom is 0.266 e. The Bertz CT molecular complexity index is 530. The van der Waals surface area contributed by atoms with Gasteiger partial charge in [0.25, 0.3) is 5.56 Å². The maximum absolute atomic E-state index is 11.7. The molecular formula is C14H19N3O2. The van der Waals surface area contributed by atoms with Crippen LogP contribution in [0.2, 0.25) is 0 Å². The van der Waals surface area contributed by atoms with Crippen molar-refractivity contribution in [3.05, 3.63) is 28.2 Å². The first kappa shape index (κ1) is 12.4. The van der Waals surface area contributed by atoms with Crippen LogP contribution in [0.1, 0.15) is 43.7 Å². The number of amides is 1. The summed E-state index contributed by atoms with van der Waals surface area (Å²) in [5.74, 6) is 0.858. The molecule has 0 bridgehead atoms. The molecule has 1 amide bonds. The van der Waals surface area contributed by atoms with E-state index in [1.807, 2.05) is 6.07 Å². The maximum atomic E-state index is 11.7. The van der Waals surface area contributed by atoms with Crippen LogP contribution in [0, 0.1) is 5.92 Å². The van der Waals surface area contributed by atoms with Gasteiger partial charge < -0.3 is 5.32 Å². The predicted octanol–water partition coefficient (Wildman–Crippen LogP) is 1.04. The monoisotopic (exact) mass is 261 g/mol. The van der Waals surface area contributed by atoms with Gasteiger partial charge in [-0.1, -0.05) is 6.42 Å². The number of aromatic nitrogens is 2. The Morgan fingerprint density at radius 3 is 2.74 bits per heavy atom. The predicted molar refractivity (Wildman–Crippen MR) is 70.8 cm³/mol. The molecule has 0 unspecified atom stereocenters. The first-order chi connectivity index (χ1) is 9.24.